The van der Waals surface area contributed by atoms with Crippen molar-refractivity contribution in [3.8, 4) is 0 Å². The summed E-state index contributed by atoms with van der Waals surface area (Å²) in [5, 5.41) is 9.27. The number of rotatable bonds is 1. The molecule has 0 unspecified atom stereocenters. The maximum atomic E-state index is 11.8. The second-order valence-electron chi connectivity index (χ2n) is 6.10. The molecule has 0 aromatic heterocycles. The summed E-state index contributed by atoms with van der Waals surface area (Å²) in [5.74, 6) is 0.485. The van der Waals surface area contributed by atoms with Crippen LogP contribution < -0.4 is 0 Å². The molecule has 2 fully saturated rings. The number of carbonyl (C=O) groups excluding carboxylic acids is 1. The maximum absolute atomic E-state index is 11.8. The van der Waals surface area contributed by atoms with Gasteiger partial charge in [0.05, 0.1) is 0 Å². The Morgan fingerprint density at radius 3 is 2.75 bits per heavy atom. The van der Waals surface area contributed by atoms with Crippen molar-refractivity contribution in [2.45, 2.75) is 39.2 Å². The van der Waals surface area contributed by atoms with Gasteiger partial charge in [-0.05, 0) is 39.5 Å². The lowest BCUT2D eigenvalue weighted by atomic mass is 9.96. The van der Waals surface area contributed by atoms with Gasteiger partial charge in [-0.3, -0.25) is 0 Å². The van der Waals surface area contributed by atoms with E-state index in [4.69, 9.17) is 4.74 Å². The Bertz CT molecular complexity index is 297. The van der Waals surface area contributed by atoms with Gasteiger partial charge in [0.15, 0.2) is 0 Å². The van der Waals surface area contributed by atoms with Gasteiger partial charge in [0.1, 0.15) is 5.60 Å². The lowest BCUT2D eigenvalue weighted by Crippen LogP contribution is -2.42. The molecule has 0 bridgehead atoms. The standard InChI is InChI=1S/C12H21NO3/c1-11(2,3)16-10(15)13-5-4-12(8-14)6-9(12)7-13/h9,14H,4-8H2,1-3H3/t9-,12+/m1/s1. The van der Waals surface area contributed by atoms with E-state index in [2.05, 4.69) is 0 Å². The van der Waals surface area contributed by atoms with Gasteiger partial charge >= 0.3 is 6.09 Å². The minimum atomic E-state index is -0.424. The van der Waals surface area contributed by atoms with Gasteiger partial charge in [-0.1, -0.05) is 0 Å². The fourth-order valence-electron chi connectivity index (χ4n) is 2.48. The highest BCUT2D eigenvalue weighted by molar-refractivity contribution is 5.68. The van der Waals surface area contributed by atoms with Crippen molar-refractivity contribution >= 4 is 6.09 Å². The van der Waals surface area contributed by atoms with Crippen molar-refractivity contribution in [3.05, 3.63) is 0 Å². The molecule has 0 radical (unpaired) electrons. The number of aliphatic hydroxyl groups excluding tert-OH is 1. The van der Waals surface area contributed by atoms with E-state index in [0.29, 0.717) is 12.5 Å². The number of piperidine rings is 1. The van der Waals surface area contributed by atoms with E-state index in [1.807, 2.05) is 20.8 Å². The van der Waals surface area contributed by atoms with E-state index in [9.17, 15) is 9.90 Å². The molecular weight excluding hydrogens is 206 g/mol. The number of nitrogens with zero attached hydrogens (tertiary/aromatic N) is 1. The molecule has 1 saturated carbocycles. The topological polar surface area (TPSA) is 49.8 Å². The molecule has 16 heavy (non-hydrogen) atoms. The van der Waals surface area contributed by atoms with E-state index < -0.39 is 5.60 Å². The number of hydrogen-bond acceptors (Lipinski definition) is 3. The van der Waals surface area contributed by atoms with Gasteiger partial charge in [-0.25, -0.2) is 4.79 Å². The number of likely N-dealkylation sites (tertiary alicyclic amines) is 1. The van der Waals surface area contributed by atoms with Crippen molar-refractivity contribution in [1.29, 1.82) is 0 Å². The second kappa shape index (κ2) is 3.62. The van der Waals surface area contributed by atoms with Crippen LogP contribution in [0.15, 0.2) is 0 Å². The van der Waals surface area contributed by atoms with Crippen molar-refractivity contribution in [2.24, 2.45) is 11.3 Å². The number of ether oxygens (including phenoxy) is 1. The molecule has 1 N–H and O–H groups in total. The van der Waals surface area contributed by atoms with E-state index in [0.717, 1.165) is 19.4 Å². The van der Waals surface area contributed by atoms with Crippen LogP contribution in [0.2, 0.25) is 0 Å². The smallest absolute Gasteiger partial charge is 0.410 e. The van der Waals surface area contributed by atoms with Gasteiger partial charge < -0.3 is 14.7 Å². The molecule has 1 aliphatic carbocycles. The highest BCUT2D eigenvalue weighted by atomic mass is 16.6. The Hall–Kier alpha value is -0.770. The van der Waals surface area contributed by atoms with Gasteiger partial charge in [-0.2, -0.15) is 0 Å². The normalized spacial score (nSPS) is 33.2. The molecule has 0 aromatic carbocycles. The third-order valence-electron chi connectivity index (χ3n) is 3.65. The summed E-state index contributed by atoms with van der Waals surface area (Å²) in [6.45, 7) is 7.36. The lowest BCUT2D eigenvalue weighted by Gasteiger charge is -2.32. The predicted octanol–water partition coefficient (Wildman–Crippen LogP) is 1.63. The van der Waals surface area contributed by atoms with Gasteiger partial charge in [0, 0.05) is 25.1 Å². The first-order chi connectivity index (χ1) is 7.36. The van der Waals surface area contributed by atoms with Crippen LogP contribution in [0.1, 0.15) is 33.6 Å². The number of fused-ring (bicyclic) bond motifs is 1. The quantitative estimate of drug-likeness (QED) is 0.740. The Morgan fingerprint density at radius 2 is 2.25 bits per heavy atom. The Kier molecular flexibility index (Phi) is 2.65. The summed E-state index contributed by atoms with van der Waals surface area (Å²) >= 11 is 0. The van der Waals surface area contributed by atoms with Crippen molar-refractivity contribution in [1.82, 2.24) is 4.90 Å². The Morgan fingerprint density at radius 1 is 1.56 bits per heavy atom. The first-order valence-electron chi connectivity index (χ1n) is 5.95. The Labute approximate surface area is 96.6 Å². The molecule has 2 aliphatic rings. The molecule has 1 saturated heterocycles. The molecule has 92 valence electrons. The van der Waals surface area contributed by atoms with Crippen LogP contribution in [-0.2, 0) is 4.74 Å². The van der Waals surface area contributed by atoms with Gasteiger partial charge in [0.2, 0.25) is 0 Å². The second-order valence-corrected chi connectivity index (χ2v) is 6.10. The summed E-state index contributed by atoms with van der Waals surface area (Å²) in [7, 11) is 0. The van der Waals surface area contributed by atoms with Crippen molar-refractivity contribution in [2.75, 3.05) is 19.7 Å². The molecule has 0 spiro atoms. The summed E-state index contributed by atoms with van der Waals surface area (Å²) in [6, 6.07) is 0. The number of carbonyl (C=O) groups is 1. The Balaban J connectivity index is 1.87. The average molecular weight is 227 g/mol. The first-order valence-corrected chi connectivity index (χ1v) is 5.95. The zero-order valence-corrected chi connectivity index (χ0v) is 10.3. The van der Waals surface area contributed by atoms with Crippen LogP contribution >= 0.6 is 0 Å². The zero-order chi connectivity index (χ0) is 12.0. The summed E-state index contributed by atoms with van der Waals surface area (Å²) in [4.78, 5) is 13.6. The monoisotopic (exact) mass is 227 g/mol. The number of amides is 1. The molecule has 4 heteroatoms. The SMILES string of the molecule is CC(C)(C)OC(=O)N1CC[C@@]2(CO)C[C@@H]2C1. The minimum Gasteiger partial charge on any atom is -0.444 e. The van der Waals surface area contributed by atoms with Crippen LogP contribution in [-0.4, -0.2) is 41.4 Å². The summed E-state index contributed by atoms with van der Waals surface area (Å²) < 4.78 is 5.34. The molecule has 4 nitrogen and oxygen atoms in total. The number of hydrogen-bond donors (Lipinski definition) is 1. The third kappa shape index (κ3) is 2.17. The van der Waals surface area contributed by atoms with Crippen LogP contribution in [0.4, 0.5) is 4.79 Å². The summed E-state index contributed by atoms with van der Waals surface area (Å²) in [6.07, 6.45) is 1.75. The minimum absolute atomic E-state index is 0.137. The van der Waals surface area contributed by atoms with Crippen LogP contribution in [0.5, 0.6) is 0 Å². The molecule has 0 aromatic rings. The van der Waals surface area contributed by atoms with E-state index >= 15 is 0 Å². The molecule has 1 heterocycles. The molecule has 1 aliphatic heterocycles. The van der Waals surface area contributed by atoms with E-state index in [-0.39, 0.29) is 18.1 Å². The fourth-order valence-corrected chi connectivity index (χ4v) is 2.48. The maximum Gasteiger partial charge on any atom is 0.410 e. The van der Waals surface area contributed by atoms with Crippen molar-refractivity contribution in [3.63, 3.8) is 0 Å². The van der Waals surface area contributed by atoms with E-state index in [1.54, 1.807) is 4.90 Å². The fraction of sp³-hybridized carbons (Fsp3) is 0.917. The average Bonchev–Trinajstić information content (AvgIpc) is 2.88. The van der Waals surface area contributed by atoms with Gasteiger partial charge in [-0.15, -0.1) is 0 Å². The van der Waals surface area contributed by atoms with Crippen LogP contribution in [0.25, 0.3) is 0 Å². The predicted molar refractivity (Wildman–Crippen MR) is 60.0 cm³/mol. The largest absolute Gasteiger partial charge is 0.444 e. The molecular formula is C12H21NO3. The van der Waals surface area contributed by atoms with Gasteiger partial charge in [0.25, 0.3) is 0 Å². The lowest BCUT2D eigenvalue weighted by molar-refractivity contribution is 0.0149. The third-order valence-corrected chi connectivity index (χ3v) is 3.65. The van der Waals surface area contributed by atoms with Crippen molar-refractivity contribution < 1.29 is 14.6 Å². The highest BCUT2D eigenvalue weighted by Gasteiger charge is 2.56. The summed E-state index contributed by atoms with van der Waals surface area (Å²) in [5.41, 5.74) is -0.287. The molecule has 1 amide bonds. The van der Waals surface area contributed by atoms with Crippen LogP contribution in [0.3, 0.4) is 0 Å². The molecule has 2 atom stereocenters. The molecule has 2 rings (SSSR count). The van der Waals surface area contributed by atoms with E-state index in [1.165, 1.54) is 0 Å². The zero-order valence-electron chi connectivity index (χ0n) is 10.3. The highest BCUT2D eigenvalue weighted by Crippen LogP contribution is 2.57. The van der Waals surface area contributed by atoms with Crippen LogP contribution in [0, 0.1) is 11.3 Å². The first kappa shape index (κ1) is 11.7. The number of aliphatic hydroxyl groups is 1.